The van der Waals surface area contributed by atoms with Gasteiger partial charge in [0.05, 0.1) is 5.69 Å². The molecule has 124 valence electrons. The summed E-state index contributed by atoms with van der Waals surface area (Å²) < 4.78 is 5.56. The van der Waals surface area contributed by atoms with Gasteiger partial charge in [0.25, 0.3) is 0 Å². The molecule has 2 aromatic rings. The molecule has 0 aliphatic carbocycles. The highest BCUT2D eigenvalue weighted by atomic mass is 16.4. The zero-order valence-corrected chi connectivity index (χ0v) is 14.4. The number of aliphatic imine (C=N–C) groups is 1. The lowest BCUT2D eigenvalue weighted by atomic mass is 10.1. The molecule has 0 radical (unpaired) electrons. The van der Waals surface area contributed by atoms with Crippen LogP contribution in [0.25, 0.3) is 0 Å². The Morgan fingerprint density at radius 2 is 1.96 bits per heavy atom. The summed E-state index contributed by atoms with van der Waals surface area (Å²) in [5.74, 6) is 2.29. The molecular formula is C18H26N4O. The number of benzene rings is 1. The van der Waals surface area contributed by atoms with Gasteiger partial charge >= 0.3 is 0 Å². The first-order valence-electron chi connectivity index (χ1n) is 8.09. The molecule has 0 atom stereocenters. The van der Waals surface area contributed by atoms with Crippen molar-refractivity contribution in [3.8, 4) is 0 Å². The van der Waals surface area contributed by atoms with Crippen molar-refractivity contribution in [1.82, 2.24) is 15.6 Å². The minimum atomic E-state index is 0.439. The lowest BCUT2D eigenvalue weighted by Crippen LogP contribution is -2.38. The average Bonchev–Trinajstić information content (AvgIpc) is 2.85. The lowest BCUT2D eigenvalue weighted by molar-refractivity contribution is 0.473. The lowest BCUT2D eigenvalue weighted by Gasteiger charge is -2.11. The Bertz CT molecular complexity index is 641. The number of hydrogen-bond acceptors (Lipinski definition) is 3. The van der Waals surface area contributed by atoms with Crippen molar-refractivity contribution < 1.29 is 4.42 Å². The molecule has 5 nitrogen and oxygen atoms in total. The maximum Gasteiger partial charge on any atom is 0.216 e. The molecule has 0 saturated carbocycles. The fourth-order valence-corrected chi connectivity index (χ4v) is 2.30. The molecule has 0 saturated heterocycles. The van der Waals surface area contributed by atoms with E-state index in [1.54, 1.807) is 0 Å². The molecule has 0 amide bonds. The van der Waals surface area contributed by atoms with Gasteiger partial charge in [-0.25, -0.2) is 9.98 Å². The molecule has 0 fully saturated rings. The van der Waals surface area contributed by atoms with Gasteiger partial charge in [-0.1, -0.05) is 24.3 Å². The van der Waals surface area contributed by atoms with Crippen molar-refractivity contribution in [1.29, 1.82) is 0 Å². The zero-order valence-electron chi connectivity index (χ0n) is 14.4. The summed E-state index contributed by atoms with van der Waals surface area (Å²) in [4.78, 5) is 8.88. The highest BCUT2D eigenvalue weighted by Crippen LogP contribution is 2.09. The molecule has 1 aromatic heterocycles. The molecule has 1 aromatic carbocycles. The van der Waals surface area contributed by atoms with Crippen molar-refractivity contribution in [2.75, 3.05) is 13.1 Å². The maximum absolute atomic E-state index is 5.56. The normalized spacial score (nSPS) is 11.6. The molecular weight excluding hydrogens is 288 g/mol. The number of nitrogens with zero attached hydrogens (tertiary/aromatic N) is 2. The monoisotopic (exact) mass is 314 g/mol. The third-order valence-corrected chi connectivity index (χ3v) is 3.74. The summed E-state index contributed by atoms with van der Waals surface area (Å²) in [5, 5.41) is 6.60. The van der Waals surface area contributed by atoms with Crippen LogP contribution in [0, 0.1) is 20.8 Å². The van der Waals surface area contributed by atoms with Crippen molar-refractivity contribution in [3.63, 3.8) is 0 Å². The van der Waals surface area contributed by atoms with Crippen LogP contribution >= 0.6 is 0 Å². The van der Waals surface area contributed by atoms with Crippen molar-refractivity contribution >= 4 is 5.96 Å². The number of aromatic nitrogens is 1. The van der Waals surface area contributed by atoms with Gasteiger partial charge in [0.1, 0.15) is 12.3 Å². The molecule has 0 aliphatic heterocycles. The fourth-order valence-electron chi connectivity index (χ4n) is 2.30. The highest BCUT2D eigenvalue weighted by molar-refractivity contribution is 5.79. The number of aryl methyl sites for hydroxylation is 3. The molecule has 5 heteroatoms. The predicted octanol–water partition coefficient (Wildman–Crippen LogP) is 2.90. The third kappa shape index (κ3) is 5.13. The van der Waals surface area contributed by atoms with Crippen molar-refractivity contribution in [2.45, 2.75) is 40.7 Å². The fraction of sp³-hybridized carbons (Fsp3) is 0.444. The van der Waals surface area contributed by atoms with Gasteiger partial charge in [-0.05, 0) is 45.2 Å². The van der Waals surface area contributed by atoms with E-state index in [1.165, 1.54) is 11.1 Å². The molecule has 23 heavy (non-hydrogen) atoms. The molecule has 1 heterocycles. The first-order chi connectivity index (χ1) is 11.1. The quantitative estimate of drug-likeness (QED) is 0.636. The van der Waals surface area contributed by atoms with E-state index in [2.05, 4.69) is 58.7 Å². The van der Waals surface area contributed by atoms with Crippen LogP contribution in [0.5, 0.6) is 0 Å². The summed E-state index contributed by atoms with van der Waals surface area (Å²) >= 11 is 0. The Kier molecular flexibility index (Phi) is 6.20. The number of nitrogens with one attached hydrogen (secondary N) is 2. The minimum Gasteiger partial charge on any atom is -0.444 e. The van der Waals surface area contributed by atoms with Crippen LogP contribution in [0.2, 0.25) is 0 Å². The van der Waals surface area contributed by atoms with Crippen LogP contribution in [0.4, 0.5) is 0 Å². The Morgan fingerprint density at radius 3 is 2.61 bits per heavy atom. The summed E-state index contributed by atoms with van der Waals surface area (Å²) in [6.07, 6.45) is 0.967. The number of oxazole rings is 1. The highest BCUT2D eigenvalue weighted by Gasteiger charge is 2.05. The molecule has 2 rings (SSSR count). The van der Waals surface area contributed by atoms with Crippen LogP contribution in [-0.2, 0) is 13.0 Å². The molecule has 0 spiro atoms. The van der Waals surface area contributed by atoms with E-state index in [4.69, 9.17) is 4.42 Å². The van der Waals surface area contributed by atoms with E-state index >= 15 is 0 Å². The van der Waals surface area contributed by atoms with Gasteiger partial charge in [-0.3, -0.25) is 0 Å². The second kappa shape index (κ2) is 8.36. The third-order valence-electron chi connectivity index (χ3n) is 3.74. The van der Waals surface area contributed by atoms with Gasteiger partial charge in [-0.2, -0.15) is 0 Å². The minimum absolute atomic E-state index is 0.439. The van der Waals surface area contributed by atoms with Crippen LogP contribution in [0.1, 0.15) is 35.4 Å². The first-order valence-corrected chi connectivity index (χ1v) is 8.09. The summed E-state index contributed by atoms with van der Waals surface area (Å²) in [7, 11) is 0. The largest absolute Gasteiger partial charge is 0.444 e. The van der Waals surface area contributed by atoms with Gasteiger partial charge in [0, 0.05) is 13.1 Å². The maximum atomic E-state index is 5.56. The summed E-state index contributed by atoms with van der Waals surface area (Å²) in [6, 6.07) is 8.45. The van der Waals surface area contributed by atoms with Gasteiger partial charge in [0.2, 0.25) is 5.89 Å². The summed E-state index contributed by atoms with van der Waals surface area (Å²) in [5.41, 5.74) is 3.60. The Balaban J connectivity index is 1.90. The molecule has 0 unspecified atom stereocenters. The Morgan fingerprint density at radius 1 is 1.17 bits per heavy atom. The van der Waals surface area contributed by atoms with Crippen molar-refractivity contribution in [3.05, 3.63) is 52.7 Å². The van der Waals surface area contributed by atoms with Gasteiger partial charge < -0.3 is 15.1 Å². The second-order valence-corrected chi connectivity index (χ2v) is 5.55. The predicted molar refractivity (Wildman–Crippen MR) is 93.7 cm³/mol. The average molecular weight is 314 g/mol. The first kappa shape index (κ1) is 17.1. The second-order valence-electron chi connectivity index (χ2n) is 5.55. The summed E-state index contributed by atoms with van der Waals surface area (Å²) in [6.45, 7) is 10.1. The Labute approximate surface area is 138 Å². The number of guanidine groups is 1. The van der Waals surface area contributed by atoms with Crippen molar-refractivity contribution in [2.24, 2.45) is 4.99 Å². The van der Waals surface area contributed by atoms with Crippen LogP contribution in [0.3, 0.4) is 0 Å². The molecule has 0 aliphatic rings. The van der Waals surface area contributed by atoms with E-state index < -0.39 is 0 Å². The smallest absolute Gasteiger partial charge is 0.216 e. The van der Waals surface area contributed by atoms with E-state index in [9.17, 15) is 0 Å². The zero-order chi connectivity index (χ0) is 16.7. The van der Waals surface area contributed by atoms with Crippen LogP contribution in [-0.4, -0.2) is 24.0 Å². The number of rotatable bonds is 6. The van der Waals surface area contributed by atoms with Gasteiger partial charge in [-0.15, -0.1) is 0 Å². The van der Waals surface area contributed by atoms with E-state index in [-0.39, 0.29) is 0 Å². The molecule has 0 bridgehead atoms. The van der Waals surface area contributed by atoms with Crippen LogP contribution in [0.15, 0.2) is 33.7 Å². The molecule has 2 N–H and O–H groups in total. The standard InChI is InChI=1S/C18H26N4O/c1-5-19-18(21-12-17-22-14(3)15(4)23-17)20-11-10-16-9-7-6-8-13(16)2/h6-9H,5,10-12H2,1-4H3,(H2,19,20,21). The van der Waals surface area contributed by atoms with Gasteiger partial charge in [0.15, 0.2) is 5.96 Å². The van der Waals surface area contributed by atoms with E-state index in [1.807, 2.05) is 13.8 Å². The van der Waals surface area contributed by atoms with E-state index in [0.717, 1.165) is 36.9 Å². The van der Waals surface area contributed by atoms with E-state index in [0.29, 0.717) is 12.4 Å². The van der Waals surface area contributed by atoms with Crippen LogP contribution < -0.4 is 10.6 Å². The SMILES string of the molecule is CCNC(=NCc1nc(C)c(C)o1)NCCc1ccccc1C. The Hall–Kier alpha value is -2.30. The number of hydrogen-bond donors (Lipinski definition) is 2. The topological polar surface area (TPSA) is 62.5 Å².